The van der Waals surface area contributed by atoms with Crippen LogP contribution in [0, 0.1) is 0 Å². The van der Waals surface area contributed by atoms with Gasteiger partial charge in [-0.1, -0.05) is 60.7 Å². The molecule has 0 radical (unpaired) electrons. The fraction of sp³-hybridized carbons (Fsp3) is 0.121. The molecule has 4 aromatic carbocycles. The lowest BCUT2D eigenvalue weighted by Gasteiger charge is -2.38. The molecule has 0 unspecified atom stereocenters. The van der Waals surface area contributed by atoms with Crippen LogP contribution in [0.2, 0.25) is 0 Å². The summed E-state index contributed by atoms with van der Waals surface area (Å²) >= 11 is 0. The van der Waals surface area contributed by atoms with Gasteiger partial charge >= 0.3 is 0 Å². The molecule has 2 nitrogen and oxygen atoms in total. The molecule has 2 aliphatic heterocycles. The number of hydrogen-bond donors (Lipinski definition) is 0. The fourth-order valence-electron chi connectivity index (χ4n) is 7.09. The molecule has 3 heterocycles. The minimum Gasteiger partial charge on any atom is -0.294 e. The maximum Gasteiger partial charge on any atom is 0.141 e. The second-order valence-corrected chi connectivity index (χ2v) is 10.4. The summed E-state index contributed by atoms with van der Waals surface area (Å²) in [5, 5.41) is 0. The SMILES string of the molecule is c1ccc2c(c1)Cc1ccc3c(c1-2)Cc1cc2c(cc1-3)Cc1cccc3c1N2c1ncccc1C3. The van der Waals surface area contributed by atoms with Gasteiger partial charge in [0, 0.05) is 19.0 Å². The number of hydrogen-bond acceptors (Lipinski definition) is 2. The molecule has 0 saturated carbocycles. The number of benzene rings is 4. The average molecular weight is 447 g/mol. The monoisotopic (exact) mass is 446 g/mol. The van der Waals surface area contributed by atoms with E-state index in [2.05, 4.69) is 83.8 Å². The molecule has 2 heteroatoms. The van der Waals surface area contributed by atoms with Crippen LogP contribution in [0.4, 0.5) is 17.2 Å². The van der Waals surface area contributed by atoms with Crippen LogP contribution in [-0.2, 0) is 25.7 Å². The lowest BCUT2D eigenvalue weighted by Crippen LogP contribution is -2.25. The van der Waals surface area contributed by atoms with E-state index in [9.17, 15) is 0 Å². The summed E-state index contributed by atoms with van der Waals surface area (Å²) in [6, 6.07) is 29.8. The Hall–Kier alpha value is -4.17. The maximum absolute atomic E-state index is 4.88. The van der Waals surface area contributed by atoms with Gasteiger partial charge in [0.1, 0.15) is 5.82 Å². The predicted molar refractivity (Wildman–Crippen MR) is 141 cm³/mol. The molecule has 0 fully saturated rings. The standard InChI is InChI=1S/C33H22N2/c1-2-9-26-19(5-1)13-20-10-11-27-28-17-25-15-22-7-3-6-21-14-23-8-4-12-34-33(23)35(32(21)22)30(25)18-24(28)16-29(27)31(20)26/h1-12,17-18H,13-16H2. The Balaban J connectivity index is 1.27. The molecular formula is C33H22N2. The average Bonchev–Trinajstić information content (AvgIpc) is 3.45. The van der Waals surface area contributed by atoms with Crippen molar-refractivity contribution in [3.8, 4) is 22.3 Å². The molecule has 0 bridgehead atoms. The molecule has 9 rings (SSSR count). The second kappa shape index (κ2) is 6.28. The molecule has 0 atom stereocenters. The van der Waals surface area contributed by atoms with E-state index in [0.717, 1.165) is 31.5 Å². The van der Waals surface area contributed by atoms with Crippen LogP contribution in [0.15, 0.2) is 85.1 Å². The lowest BCUT2D eigenvalue weighted by molar-refractivity contribution is 0.980. The molecule has 0 N–H and O–H groups in total. The summed E-state index contributed by atoms with van der Waals surface area (Å²) in [6.07, 6.45) is 5.94. The van der Waals surface area contributed by atoms with Crippen molar-refractivity contribution >= 4 is 17.2 Å². The molecule has 164 valence electrons. The van der Waals surface area contributed by atoms with Crippen molar-refractivity contribution in [3.63, 3.8) is 0 Å². The number of fused-ring (bicyclic) bond motifs is 11. The largest absolute Gasteiger partial charge is 0.294 e. The van der Waals surface area contributed by atoms with Gasteiger partial charge in [0.25, 0.3) is 0 Å². The molecule has 0 spiro atoms. The number of nitrogens with zero attached hydrogens (tertiary/aromatic N) is 2. The molecule has 0 saturated heterocycles. The predicted octanol–water partition coefficient (Wildman–Crippen LogP) is 7.50. The topological polar surface area (TPSA) is 16.1 Å². The third-order valence-electron chi connectivity index (χ3n) is 8.54. The van der Waals surface area contributed by atoms with Crippen LogP contribution in [-0.4, -0.2) is 4.98 Å². The van der Waals surface area contributed by atoms with Gasteiger partial charge < -0.3 is 0 Å². The van der Waals surface area contributed by atoms with Crippen molar-refractivity contribution in [2.24, 2.45) is 0 Å². The molecule has 2 aliphatic carbocycles. The zero-order valence-electron chi connectivity index (χ0n) is 19.3. The lowest BCUT2D eigenvalue weighted by atomic mass is 9.86. The highest BCUT2D eigenvalue weighted by Gasteiger charge is 2.35. The molecule has 5 aromatic rings. The first-order valence-corrected chi connectivity index (χ1v) is 12.6. The van der Waals surface area contributed by atoms with Crippen molar-refractivity contribution in [2.45, 2.75) is 25.7 Å². The Kier molecular flexibility index (Phi) is 3.27. The van der Waals surface area contributed by atoms with Crippen LogP contribution in [0.3, 0.4) is 0 Å². The highest BCUT2D eigenvalue weighted by molar-refractivity contribution is 5.94. The first-order valence-electron chi connectivity index (χ1n) is 12.6. The fourth-order valence-corrected chi connectivity index (χ4v) is 7.09. The molecule has 1 aromatic heterocycles. The Labute approximate surface area is 204 Å². The van der Waals surface area contributed by atoms with Crippen molar-refractivity contribution < 1.29 is 0 Å². The van der Waals surface area contributed by atoms with Crippen LogP contribution < -0.4 is 4.90 Å². The van der Waals surface area contributed by atoms with Gasteiger partial charge in [-0.15, -0.1) is 0 Å². The number of anilines is 3. The molecule has 0 amide bonds. The summed E-state index contributed by atoms with van der Waals surface area (Å²) in [5.74, 6) is 1.10. The van der Waals surface area contributed by atoms with Crippen LogP contribution >= 0.6 is 0 Å². The van der Waals surface area contributed by atoms with Gasteiger partial charge in [-0.3, -0.25) is 4.90 Å². The van der Waals surface area contributed by atoms with Crippen molar-refractivity contribution in [1.29, 1.82) is 0 Å². The van der Waals surface area contributed by atoms with Gasteiger partial charge in [-0.2, -0.15) is 0 Å². The van der Waals surface area contributed by atoms with Gasteiger partial charge in [0.05, 0.1) is 11.4 Å². The number of aromatic nitrogens is 1. The normalized spacial score (nSPS) is 14.9. The Morgan fingerprint density at radius 3 is 2.29 bits per heavy atom. The van der Waals surface area contributed by atoms with Crippen molar-refractivity contribution in [1.82, 2.24) is 4.98 Å². The van der Waals surface area contributed by atoms with Gasteiger partial charge in [-0.05, 0) is 97.8 Å². The van der Waals surface area contributed by atoms with E-state index in [-0.39, 0.29) is 0 Å². The maximum atomic E-state index is 4.88. The Bertz CT molecular complexity index is 1760. The number of para-hydroxylation sites is 1. The first-order chi connectivity index (χ1) is 17.3. The van der Waals surface area contributed by atoms with E-state index < -0.39 is 0 Å². The van der Waals surface area contributed by atoms with E-state index in [1.165, 1.54) is 78.1 Å². The summed E-state index contributed by atoms with van der Waals surface area (Å²) < 4.78 is 0. The van der Waals surface area contributed by atoms with Crippen LogP contribution in [0.1, 0.15) is 44.5 Å². The first kappa shape index (κ1) is 18.2. The van der Waals surface area contributed by atoms with Crippen molar-refractivity contribution in [2.75, 3.05) is 4.90 Å². The van der Waals surface area contributed by atoms with Gasteiger partial charge in [0.2, 0.25) is 0 Å². The molecule has 35 heavy (non-hydrogen) atoms. The van der Waals surface area contributed by atoms with Crippen LogP contribution in [0.5, 0.6) is 0 Å². The smallest absolute Gasteiger partial charge is 0.141 e. The van der Waals surface area contributed by atoms with E-state index in [4.69, 9.17) is 4.98 Å². The van der Waals surface area contributed by atoms with E-state index >= 15 is 0 Å². The number of pyridine rings is 1. The zero-order valence-corrected chi connectivity index (χ0v) is 19.3. The second-order valence-electron chi connectivity index (χ2n) is 10.4. The quantitative estimate of drug-likeness (QED) is 0.240. The summed E-state index contributed by atoms with van der Waals surface area (Å²) in [5.41, 5.74) is 19.9. The zero-order chi connectivity index (χ0) is 22.7. The third kappa shape index (κ3) is 2.27. The van der Waals surface area contributed by atoms with E-state index in [1.807, 2.05) is 6.20 Å². The van der Waals surface area contributed by atoms with Gasteiger partial charge in [0.15, 0.2) is 0 Å². The molecule has 4 aliphatic rings. The number of rotatable bonds is 0. The van der Waals surface area contributed by atoms with Gasteiger partial charge in [-0.25, -0.2) is 4.98 Å². The Morgan fingerprint density at radius 1 is 0.543 bits per heavy atom. The third-order valence-corrected chi connectivity index (χ3v) is 8.54. The summed E-state index contributed by atoms with van der Waals surface area (Å²) in [4.78, 5) is 7.33. The summed E-state index contributed by atoms with van der Waals surface area (Å²) in [7, 11) is 0. The summed E-state index contributed by atoms with van der Waals surface area (Å²) in [6.45, 7) is 0. The minimum absolute atomic E-state index is 0.958. The minimum atomic E-state index is 0.958. The van der Waals surface area contributed by atoms with E-state index in [1.54, 1.807) is 0 Å². The van der Waals surface area contributed by atoms with E-state index in [0.29, 0.717) is 0 Å². The van der Waals surface area contributed by atoms with Crippen molar-refractivity contribution in [3.05, 3.63) is 130 Å². The highest BCUT2D eigenvalue weighted by atomic mass is 15.2. The highest BCUT2D eigenvalue weighted by Crippen LogP contribution is 2.53. The molecular weight excluding hydrogens is 424 g/mol. The Morgan fingerprint density at radius 2 is 1.34 bits per heavy atom. The van der Waals surface area contributed by atoms with Crippen LogP contribution in [0.25, 0.3) is 22.3 Å².